The molecule has 0 radical (unpaired) electrons. The van der Waals surface area contributed by atoms with E-state index in [1.165, 1.54) is 11.3 Å². The molecule has 2 aromatic carbocycles. The summed E-state index contributed by atoms with van der Waals surface area (Å²) in [4.78, 5) is 39.8. The fraction of sp³-hybridized carbons (Fsp3) is 0.0909. The van der Waals surface area contributed by atoms with Gasteiger partial charge in [0.1, 0.15) is 6.17 Å². The summed E-state index contributed by atoms with van der Waals surface area (Å²) in [5.74, 6) is -1.35. The number of alkyl halides is 3. The van der Waals surface area contributed by atoms with Crippen LogP contribution in [0.4, 0.5) is 11.4 Å². The van der Waals surface area contributed by atoms with Crippen LogP contribution in [0.5, 0.6) is 0 Å². The Labute approximate surface area is 219 Å². The number of thiophene rings is 1. The van der Waals surface area contributed by atoms with Gasteiger partial charge in [-0.25, -0.2) is 4.90 Å². The summed E-state index contributed by atoms with van der Waals surface area (Å²) >= 11 is 24.7. The van der Waals surface area contributed by atoms with Crippen LogP contribution in [-0.4, -0.2) is 32.8 Å². The zero-order valence-electron chi connectivity index (χ0n) is 17.1. The number of fused-ring (bicyclic) bond motifs is 1. The number of hydrogen-bond donors (Lipinski definition) is 3. The van der Waals surface area contributed by atoms with Gasteiger partial charge in [0.2, 0.25) is 3.79 Å². The molecule has 3 aromatic rings. The number of benzene rings is 2. The highest BCUT2D eigenvalue weighted by molar-refractivity contribution is 7.80. The Morgan fingerprint density at radius 1 is 0.912 bits per heavy atom. The molecule has 0 bridgehead atoms. The highest BCUT2D eigenvalue weighted by Gasteiger charge is 2.38. The van der Waals surface area contributed by atoms with E-state index >= 15 is 0 Å². The SMILES string of the molecule is O=C(NC(NC(=S)Nc1ccccc1N1C(=O)c2ccccc2C1=O)C(Cl)(Cl)Cl)c1cccs1. The number of hydrogen-bond acceptors (Lipinski definition) is 5. The van der Waals surface area contributed by atoms with Crippen molar-refractivity contribution in [2.45, 2.75) is 9.96 Å². The van der Waals surface area contributed by atoms with E-state index in [9.17, 15) is 14.4 Å². The number of para-hydroxylation sites is 2. The third kappa shape index (κ3) is 5.03. The minimum absolute atomic E-state index is 0.00753. The van der Waals surface area contributed by atoms with Crippen molar-refractivity contribution in [1.29, 1.82) is 0 Å². The molecule has 0 saturated carbocycles. The third-order valence-electron chi connectivity index (χ3n) is 4.81. The van der Waals surface area contributed by atoms with Crippen LogP contribution < -0.4 is 20.9 Å². The second-order valence-corrected chi connectivity index (χ2v) is 10.8. The Morgan fingerprint density at radius 2 is 1.53 bits per heavy atom. The lowest BCUT2D eigenvalue weighted by Crippen LogP contribution is -2.56. The van der Waals surface area contributed by atoms with Crippen LogP contribution in [0.25, 0.3) is 0 Å². The molecule has 1 atom stereocenters. The smallest absolute Gasteiger partial charge is 0.266 e. The first-order valence-electron chi connectivity index (χ1n) is 9.72. The average Bonchev–Trinajstić information content (AvgIpc) is 3.41. The normalized spacial score (nSPS) is 13.9. The molecular formula is C22H15Cl3N4O3S2. The van der Waals surface area contributed by atoms with E-state index in [0.29, 0.717) is 27.4 Å². The van der Waals surface area contributed by atoms with E-state index < -0.39 is 27.7 Å². The van der Waals surface area contributed by atoms with Gasteiger partial charge in [0.15, 0.2) is 5.11 Å². The Bertz CT molecular complexity index is 1240. The molecule has 34 heavy (non-hydrogen) atoms. The topological polar surface area (TPSA) is 90.5 Å². The summed E-state index contributed by atoms with van der Waals surface area (Å²) < 4.78 is -1.94. The number of nitrogens with one attached hydrogen (secondary N) is 3. The van der Waals surface area contributed by atoms with Gasteiger partial charge in [-0.15, -0.1) is 11.3 Å². The van der Waals surface area contributed by atoms with Gasteiger partial charge in [0, 0.05) is 0 Å². The molecule has 1 aliphatic heterocycles. The maximum absolute atomic E-state index is 12.9. The number of nitrogens with zero attached hydrogens (tertiary/aromatic N) is 1. The summed E-state index contributed by atoms with van der Waals surface area (Å²) in [6, 6.07) is 16.6. The molecule has 174 valence electrons. The van der Waals surface area contributed by atoms with Crippen molar-refractivity contribution in [1.82, 2.24) is 10.6 Å². The lowest BCUT2D eigenvalue weighted by atomic mass is 10.1. The van der Waals surface area contributed by atoms with Crippen molar-refractivity contribution in [3.8, 4) is 0 Å². The highest BCUT2D eigenvalue weighted by Crippen LogP contribution is 2.34. The molecule has 0 saturated heterocycles. The van der Waals surface area contributed by atoms with Gasteiger partial charge in [0.05, 0.1) is 27.4 Å². The second-order valence-electron chi connectivity index (χ2n) is 7.03. The first kappa shape index (κ1) is 24.4. The molecule has 1 aliphatic rings. The number of carbonyl (C=O) groups is 3. The molecule has 4 rings (SSSR count). The number of halogens is 3. The number of thiocarbonyl (C=S) groups is 1. The van der Waals surface area contributed by atoms with Crippen LogP contribution in [0.15, 0.2) is 66.0 Å². The van der Waals surface area contributed by atoms with E-state index in [0.717, 1.165) is 4.90 Å². The maximum Gasteiger partial charge on any atom is 0.266 e. The van der Waals surface area contributed by atoms with Gasteiger partial charge < -0.3 is 16.0 Å². The quantitative estimate of drug-likeness (QED) is 0.179. The fourth-order valence-corrected chi connectivity index (χ4v) is 4.46. The Morgan fingerprint density at radius 3 is 2.12 bits per heavy atom. The van der Waals surface area contributed by atoms with Crippen LogP contribution in [0.2, 0.25) is 0 Å². The zero-order chi connectivity index (χ0) is 24.5. The van der Waals surface area contributed by atoms with Crippen molar-refractivity contribution < 1.29 is 14.4 Å². The van der Waals surface area contributed by atoms with Crippen LogP contribution in [-0.2, 0) is 0 Å². The lowest BCUT2D eigenvalue weighted by Gasteiger charge is -2.28. The molecule has 0 spiro atoms. The highest BCUT2D eigenvalue weighted by atomic mass is 35.6. The summed E-state index contributed by atoms with van der Waals surface area (Å²) in [7, 11) is 0. The predicted octanol–water partition coefficient (Wildman–Crippen LogP) is 4.96. The first-order chi connectivity index (χ1) is 16.2. The Balaban J connectivity index is 1.53. The summed E-state index contributed by atoms with van der Waals surface area (Å²) in [6.07, 6.45) is -1.18. The van der Waals surface area contributed by atoms with Gasteiger partial charge in [-0.2, -0.15) is 0 Å². The molecule has 0 fully saturated rings. The van der Waals surface area contributed by atoms with Crippen molar-refractivity contribution in [2.24, 2.45) is 0 Å². The number of carbonyl (C=O) groups excluding carboxylic acids is 3. The Kier molecular flexibility index (Phi) is 7.11. The first-order valence-corrected chi connectivity index (χ1v) is 12.1. The number of anilines is 2. The average molecular weight is 554 g/mol. The number of amides is 3. The molecule has 3 N–H and O–H groups in total. The van der Waals surface area contributed by atoms with Gasteiger partial charge in [0.25, 0.3) is 17.7 Å². The summed E-state index contributed by atoms with van der Waals surface area (Å²) in [5.41, 5.74) is 1.29. The van der Waals surface area contributed by atoms with Crippen LogP contribution in [0, 0.1) is 0 Å². The van der Waals surface area contributed by atoms with Gasteiger partial charge in [-0.1, -0.05) is 65.1 Å². The van der Waals surface area contributed by atoms with E-state index in [2.05, 4.69) is 16.0 Å². The summed E-state index contributed by atoms with van der Waals surface area (Å²) in [5, 5.41) is 10.0. The summed E-state index contributed by atoms with van der Waals surface area (Å²) in [6.45, 7) is 0. The van der Waals surface area contributed by atoms with Crippen LogP contribution in [0.1, 0.15) is 30.4 Å². The van der Waals surface area contributed by atoms with Crippen LogP contribution >= 0.6 is 58.4 Å². The molecule has 7 nitrogen and oxygen atoms in total. The zero-order valence-corrected chi connectivity index (χ0v) is 21.0. The number of rotatable bonds is 5. The van der Waals surface area contributed by atoms with Crippen molar-refractivity contribution in [3.63, 3.8) is 0 Å². The van der Waals surface area contributed by atoms with E-state index in [1.54, 1.807) is 66.0 Å². The largest absolute Gasteiger partial charge is 0.339 e. The Hall–Kier alpha value is -2.69. The predicted molar refractivity (Wildman–Crippen MR) is 139 cm³/mol. The molecular weight excluding hydrogens is 539 g/mol. The van der Waals surface area contributed by atoms with Gasteiger partial charge in [-0.3, -0.25) is 14.4 Å². The van der Waals surface area contributed by atoms with E-state index in [4.69, 9.17) is 47.0 Å². The van der Waals surface area contributed by atoms with Gasteiger partial charge in [-0.05, 0) is 47.9 Å². The molecule has 1 unspecified atom stereocenters. The molecule has 2 heterocycles. The van der Waals surface area contributed by atoms with E-state index in [-0.39, 0.29) is 5.11 Å². The monoisotopic (exact) mass is 552 g/mol. The van der Waals surface area contributed by atoms with E-state index in [1.807, 2.05) is 0 Å². The lowest BCUT2D eigenvalue weighted by molar-refractivity contribution is 0.0919. The van der Waals surface area contributed by atoms with Crippen molar-refractivity contribution >= 4 is 92.6 Å². The third-order valence-corrected chi connectivity index (χ3v) is 6.55. The fourth-order valence-electron chi connectivity index (χ4n) is 3.28. The minimum atomic E-state index is -1.94. The number of imide groups is 1. The second kappa shape index (κ2) is 9.89. The van der Waals surface area contributed by atoms with Gasteiger partial charge >= 0.3 is 0 Å². The molecule has 0 aliphatic carbocycles. The van der Waals surface area contributed by atoms with Crippen LogP contribution in [0.3, 0.4) is 0 Å². The van der Waals surface area contributed by atoms with Crippen molar-refractivity contribution in [2.75, 3.05) is 10.2 Å². The minimum Gasteiger partial charge on any atom is -0.339 e. The molecule has 3 amide bonds. The van der Waals surface area contributed by atoms with Crippen molar-refractivity contribution in [3.05, 3.63) is 82.0 Å². The molecule has 12 heteroatoms. The standard InChI is InChI=1S/C22H15Cl3N4O3S2/c23-22(24,25)20(27-17(30)16-10-5-11-34-16)28-21(33)26-14-8-3-4-9-15(14)29-18(31)12-6-1-2-7-13(12)19(29)32/h1-11,20H,(H,27,30)(H2,26,28,33). The molecule has 1 aromatic heterocycles. The maximum atomic E-state index is 12.9.